The first-order valence-electron chi connectivity index (χ1n) is 9.90. The van der Waals surface area contributed by atoms with Crippen molar-refractivity contribution in [2.45, 2.75) is 43.9 Å². The Bertz CT molecular complexity index is 963. The summed E-state index contributed by atoms with van der Waals surface area (Å²) in [6.07, 6.45) is 1.20. The van der Waals surface area contributed by atoms with E-state index in [0.717, 1.165) is 11.1 Å². The molecule has 2 unspecified atom stereocenters. The maximum absolute atomic E-state index is 12.4. The second-order valence-electron chi connectivity index (χ2n) is 8.46. The Hall–Kier alpha value is -3.26. The molecule has 3 amide bonds. The van der Waals surface area contributed by atoms with Gasteiger partial charge in [-0.05, 0) is 25.5 Å². The molecule has 30 heavy (non-hydrogen) atoms. The minimum Gasteiger partial charge on any atom is -0.484 e. The third-order valence-corrected chi connectivity index (χ3v) is 5.45. The van der Waals surface area contributed by atoms with Crippen molar-refractivity contribution in [2.75, 3.05) is 6.61 Å². The minimum atomic E-state index is -0.855. The van der Waals surface area contributed by atoms with Crippen LogP contribution < -0.4 is 31.4 Å². The fraction of sp³-hybridized carbons (Fsp3) is 0.364. The van der Waals surface area contributed by atoms with E-state index in [1.807, 2.05) is 49.6 Å². The van der Waals surface area contributed by atoms with Crippen molar-refractivity contribution in [3.05, 3.63) is 59.7 Å². The van der Waals surface area contributed by atoms with Gasteiger partial charge in [-0.2, -0.15) is 0 Å². The molecule has 0 aliphatic carbocycles. The molecule has 5 N–H and O–H groups in total. The van der Waals surface area contributed by atoms with Crippen LogP contribution in [-0.4, -0.2) is 29.8 Å². The number of hydrogen-bond acceptors (Lipinski definition) is 5. The third kappa shape index (κ3) is 4.04. The monoisotopic (exact) mass is 410 g/mol. The van der Waals surface area contributed by atoms with E-state index in [0.29, 0.717) is 24.3 Å². The zero-order chi connectivity index (χ0) is 21.4. The summed E-state index contributed by atoms with van der Waals surface area (Å²) in [5.41, 5.74) is 2.91. The molecule has 8 nitrogen and oxygen atoms in total. The van der Waals surface area contributed by atoms with Gasteiger partial charge < -0.3 is 20.1 Å². The van der Waals surface area contributed by atoms with E-state index in [1.165, 1.54) is 0 Å². The van der Waals surface area contributed by atoms with E-state index in [4.69, 9.17) is 15.3 Å². The number of fused-ring (bicyclic) bond motifs is 1. The molecule has 2 aliphatic rings. The molecule has 2 aliphatic heterocycles. The molecular formula is C22H26N4O4. The summed E-state index contributed by atoms with van der Waals surface area (Å²) in [4.78, 5) is 23.8. The summed E-state index contributed by atoms with van der Waals surface area (Å²) >= 11 is 0. The molecule has 1 spiro atoms. The Labute approximate surface area is 175 Å². The number of carbonyl (C=O) groups excluding carboxylic acids is 2. The Morgan fingerprint density at radius 3 is 2.70 bits per heavy atom. The number of ether oxygens (including phenoxy) is 2. The number of nitrogens with one attached hydrogen (secondary N) is 3. The van der Waals surface area contributed by atoms with Crippen LogP contribution in [0.3, 0.4) is 0 Å². The highest BCUT2D eigenvalue weighted by Gasteiger charge is 2.49. The van der Waals surface area contributed by atoms with E-state index >= 15 is 0 Å². The topological polar surface area (TPSA) is 115 Å². The van der Waals surface area contributed by atoms with Crippen LogP contribution >= 0.6 is 0 Å². The van der Waals surface area contributed by atoms with Crippen LogP contribution in [0.4, 0.5) is 4.79 Å². The lowest BCUT2D eigenvalue weighted by Crippen LogP contribution is -2.69. The Balaban J connectivity index is 1.73. The lowest BCUT2D eigenvalue weighted by molar-refractivity contribution is -0.123. The van der Waals surface area contributed by atoms with Gasteiger partial charge in [-0.3, -0.25) is 10.2 Å². The highest BCUT2D eigenvalue weighted by Crippen LogP contribution is 2.47. The molecule has 1 saturated heterocycles. The Kier molecular flexibility index (Phi) is 5.03. The van der Waals surface area contributed by atoms with Crippen molar-refractivity contribution in [3.63, 3.8) is 0 Å². The third-order valence-electron chi connectivity index (χ3n) is 5.45. The molecule has 0 aromatic heterocycles. The number of nitrogens with two attached hydrogens (primary N) is 1. The standard InChI is InChI=1S/C22H26N4O4/c1-21(2)13-22(25-20(28)24-21)11-17(14-6-4-3-5-7-14)16-9-8-15(10-18(16)30-22)29-12-19(27)26-23/h3-10,17H,11-13,23H2,1-2H3,(H,26,27)(H2,24,25,28). The maximum Gasteiger partial charge on any atom is 0.318 e. The molecule has 0 radical (unpaired) electrons. The molecule has 4 rings (SSSR count). The van der Waals surface area contributed by atoms with Crippen molar-refractivity contribution in [2.24, 2.45) is 5.84 Å². The van der Waals surface area contributed by atoms with Gasteiger partial charge in [-0.1, -0.05) is 36.4 Å². The number of carbonyl (C=O) groups is 2. The minimum absolute atomic E-state index is 0.0329. The summed E-state index contributed by atoms with van der Waals surface area (Å²) in [6, 6.07) is 15.4. The number of benzene rings is 2. The quantitative estimate of drug-likeness (QED) is 0.350. The van der Waals surface area contributed by atoms with Crippen molar-refractivity contribution >= 4 is 11.9 Å². The van der Waals surface area contributed by atoms with Crippen LogP contribution in [-0.2, 0) is 4.79 Å². The summed E-state index contributed by atoms with van der Waals surface area (Å²) in [5, 5.41) is 5.96. The molecule has 2 aromatic carbocycles. The Morgan fingerprint density at radius 1 is 1.23 bits per heavy atom. The highest BCUT2D eigenvalue weighted by molar-refractivity contribution is 5.77. The summed E-state index contributed by atoms with van der Waals surface area (Å²) in [7, 11) is 0. The molecule has 2 atom stereocenters. The van der Waals surface area contributed by atoms with Crippen molar-refractivity contribution in [1.29, 1.82) is 0 Å². The van der Waals surface area contributed by atoms with Crippen LogP contribution in [0.1, 0.15) is 43.7 Å². The molecule has 0 saturated carbocycles. The lowest BCUT2D eigenvalue weighted by atomic mass is 9.77. The second-order valence-corrected chi connectivity index (χ2v) is 8.46. The zero-order valence-electron chi connectivity index (χ0n) is 17.0. The molecular weight excluding hydrogens is 384 g/mol. The van der Waals surface area contributed by atoms with Crippen LogP contribution in [0.5, 0.6) is 11.5 Å². The van der Waals surface area contributed by atoms with E-state index in [2.05, 4.69) is 22.8 Å². The van der Waals surface area contributed by atoms with Gasteiger partial charge in [0.25, 0.3) is 5.91 Å². The summed E-state index contributed by atoms with van der Waals surface area (Å²) < 4.78 is 11.9. The number of hydrogen-bond donors (Lipinski definition) is 4. The molecule has 8 heteroatoms. The Morgan fingerprint density at radius 2 is 2.00 bits per heavy atom. The largest absolute Gasteiger partial charge is 0.484 e. The van der Waals surface area contributed by atoms with Gasteiger partial charge in [-0.25, -0.2) is 10.6 Å². The number of urea groups is 1. The van der Waals surface area contributed by atoms with Gasteiger partial charge in [0.1, 0.15) is 11.5 Å². The summed E-state index contributed by atoms with van der Waals surface area (Å²) in [6.45, 7) is 3.76. The number of amides is 3. The van der Waals surface area contributed by atoms with Crippen LogP contribution in [0.2, 0.25) is 0 Å². The average molecular weight is 410 g/mol. The van der Waals surface area contributed by atoms with Gasteiger partial charge in [0, 0.05) is 35.9 Å². The predicted molar refractivity (Wildman–Crippen MR) is 111 cm³/mol. The first kappa shape index (κ1) is 20.0. The molecule has 2 aromatic rings. The maximum atomic E-state index is 12.4. The normalized spacial score (nSPS) is 24.1. The molecule has 1 fully saturated rings. The van der Waals surface area contributed by atoms with Gasteiger partial charge in [0.2, 0.25) is 0 Å². The van der Waals surface area contributed by atoms with Crippen LogP contribution in [0.15, 0.2) is 48.5 Å². The van der Waals surface area contributed by atoms with Crippen molar-refractivity contribution in [3.8, 4) is 11.5 Å². The first-order valence-corrected chi connectivity index (χ1v) is 9.90. The average Bonchev–Trinajstić information content (AvgIpc) is 2.70. The fourth-order valence-corrected chi connectivity index (χ4v) is 4.38. The van der Waals surface area contributed by atoms with E-state index < -0.39 is 17.2 Å². The highest BCUT2D eigenvalue weighted by atomic mass is 16.5. The van der Waals surface area contributed by atoms with Crippen molar-refractivity contribution in [1.82, 2.24) is 16.1 Å². The molecule has 0 bridgehead atoms. The van der Waals surface area contributed by atoms with Gasteiger partial charge >= 0.3 is 6.03 Å². The molecule has 2 heterocycles. The SMILES string of the molecule is CC1(C)CC2(CC(c3ccccc3)c3ccc(OCC(=O)NN)cc3O2)NC(=O)N1. The number of hydrazine groups is 1. The summed E-state index contributed by atoms with van der Waals surface area (Å²) in [5.74, 6) is 5.82. The fourth-order valence-electron chi connectivity index (χ4n) is 4.38. The van der Waals surface area contributed by atoms with Crippen LogP contribution in [0.25, 0.3) is 0 Å². The van der Waals surface area contributed by atoms with Crippen molar-refractivity contribution < 1.29 is 19.1 Å². The van der Waals surface area contributed by atoms with E-state index in [9.17, 15) is 9.59 Å². The number of rotatable bonds is 4. The second kappa shape index (κ2) is 7.53. The van der Waals surface area contributed by atoms with E-state index in [1.54, 1.807) is 6.07 Å². The van der Waals surface area contributed by atoms with Gasteiger partial charge in [0.05, 0.1) is 0 Å². The predicted octanol–water partition coefficient (Wildman–Crippen LogP) is 2.15. The lowest BCUT2D eigenvalue weighted by Gasteiger charge is -2.49. The van der Waals surface area contributed by atoms with Crippen LogP contribution in [0, 0.1) is 0 Å². The van der Waals surface area contributed by atoms with Gasteiger partial charge in [-0.15, -0.1) is 0 Å². The first-order chi connectivity index (χ1) is 14.3. The molecule has 158 valence electrons. The van der Waals surface area contributed by atoms with E-state index in [-0.39, 0.29) is 18.6 Å². The van der Waals surface area contributed by atoms with Gasteiger partial charge in [0.15, 0.2) is 12.3 Å². The smallest absolute Gasteiger partial charge is 0.318 e. The zero-order valence-corrected chi connectivity index (χ0v) is 17.0.